The van der Waals surface area contributed by atoms with E-state index in [-0.39, 0.29) is 23.7 Å². The first-order chi connectivity index (χ1) is 11.6. The molecule has 5 nitrogen and oxygen atoms in total. The van der Waals surface area contributed by atoms with Gasteiger partial charge in [-0.25, -0.2) is 4.68 Å². The number of aryl methyl sites for hydroxylation is 1. The van der Waals surface area contributed by atoms with Gasteiger partial charge in [0.05, 0.1) is 17.8 Å². The molecule has 0 aliphatic rings. The summed E-state index contributed by atoms with van der Waals surface area (Å²) in [6, 6.07) is 7.51. The molecule has 0 bridgehead atoms. The number of aromatic nitrogens is 2. The van der Waals surface area contributed by atoms with Crippen LogP contribution in [0.25, 0.3) is 5.69 Å². The molecule has 0 saturated carbocycles. The van der Waals surface area contributed by atoms with Crippen molar-refractivity contribution in [2.45, 2.75) is 34.1 Å². The van der Waals surface area contributed by atoms with Crippen LogP contribution in [0.3, 0.4) is 0 Å². The molecule has 1 amide bonds. The molecule has 2 aromatic rings. The van der Waals surface area contributed by atoms with Crippen LogP contribution in [0.5, 0.6) is 0 Å². The molecule has 0 fully saturated rings. The highest BCUT2D eigenvalue weighted by Gasteiger charge is 2.23. The number of carbonyl (C=O) groups is 1. The van der Waals surface area contributed by atoms with E-state index in [1.54, 1.807) is 4.90 Å². The van der Waals surface area contributed by atoms with E-state index in [1.165, 1.54) is 0 Å². The number of carbonyl (C=O) groups excluding carboxylic acids is 1. The topological polar surface area (TPSA) is 64.2 Å². The van der Waals surface area contributed by atoms with Gasteiger partial charge in [-0.1, -0.05) is 25.4 Å². The van der Waals surface area contributed by atoms with Crippen LogP contribution >= 0.6 is 24.0 Å². The van der Waals surface area contributed by atoms with Gasteiger partial charge in [0, 0.05) is 29.9 Å². The third-order valence-corrected chi connectivity index (χ3v) is 4.74. The Labute approximate surface area is 166 Å². The van der Waals surface area contributed by atoms with Crippen molar-refractivity contribution in [3.05, 3.63) is 46.2 Å². The normalized spacial score (nSPS) is 11.2. The van der Waals surface area contributed by atoms with Crippen molar-refractivity contribution in [2.24, 2.45) is 11.1 Å². The first kappa shape index (κ1) is 22.5. The zero-order valence-electron chi connectivity index (χ0n) is 16.0. The summed E-state index contributed by atoms with van der Waals surface area (Å²) >= 11 is 5.96. The maximum atomic E-state index is 12.6. The molecular formula is C19H28Cl2N4O. The molecule has 0 unspecified atom stereocenters. The third-order valence-electron chi connectivity index (χ3n) is 4.48. The molecular weight excluding hydrogens is 371 g/mol. The minimum absolute atomic E-state index is 0. The van der Waals surface area contributed by atoms with Crippen molar-refractivity contribution in [3.63, 3.8) is 0 Å². The van der Waals surface area contributed by atoms with Gasteiger partial charge in [0.1, 0.15) is 0 Å². The van der Waals surface area contributed by atoms with Crippen LogP contribution in [0.15, 0.2) is 24.3 Å². The summed E-state index contributed by atoms with van der Waals surface area (Å²) in [7, 11) is 1.83. The lowest BCUT2D eigenvalue weighted by Crippen LogP contribution is -2.40. The van der Waals surface area contributed by atoms with E-state index in [9.17, 15) is 4.79 Å². The summed E-state index contributed by atoms with van der Waals surface area (Å²) in [6.45, 7) is 9.22. The Kier molecular flexibility index (Phi) is 7.69. The number of hydrogen-bond donors (Lipinski definition) is 1. The molecule has 1 aromatic heterocycles. The van der Waals surface area contributed by atoms with E-state index in [2.05, 4.69) is 18.9 Å². The van der Waals surface area contributed by atoms with E-state index < -0.39 is 0 Å². The minimum Gasteiger partial charge on any atom is -0.345 e. The number of amides is 1. The van der Waals surface area contributed by atoms with Gasteiger partial charge in [-0.05, 0) is 50.1 Å². The van der Waals surface area contributed by atoms with Gasteiger partial charge in [-0.2, -0.15) is 5.10 Å². The average Bonchev–Trinajstić information content (AvgIpc) is 2.83. The lowest BCUT2D eigenvalue weighted by Gasteiger charge is -2.29. The fourth-order valence-electron chi connectivity index (χ4n) is 2.85. The molecule has 26 heavy (non-hydrogen) atoms. The predicted molar refractivity (Wildman–Crippen MR) is 109 cm³/mol. The zero-order chi connectivity index (χ0) is 18.8. The first-order valence-corrected chi connectivity index (χ1v) is 8.77. The lowest BCUT2D eigenvalue weighted by atomic mass is 9.93. The monoisotopic (exact) mass is 398 g/mol. The number of likely N-dealkylation sites (N-methyl/N-ethyl adjacent to an activating group) is 1. The highest BCUT2D eigenvalue weighted by Crippen LogP contribution is 2.21. The Bertz CT molecular complexity index is 754. The first-order valence-electron chi connectivity index (χ1n) is 8.39. The fourth-order valence-corrected chi connectivity index (χ4v) is 2.97. The number of nitrogens with two attached hydrogens (primary N) is 1. The van der Waals surface area contributed by atoms with Crippen LogP contribution < -0.4 is 5.73 Å². The molecule has 144 valence electrons. The fraction of sp³-hybridized carbons (Fsp3) is 0.474. The maximum Gasteiger partial charge on any atom is 0.226 e. The maximum absolute atomic E-state index is 12.6. The Hall–Kier alpha value is -1.56. The quantitative estimate of drug-likeness (QED) is 0.808. The second-order valence-electron chi connectivity index (χ2n) is 7.33. The van der Waals surface area contributed by atoms with E-state index in [0.717, 1.165) is 22.6 Å². The Morgan fingerprint density at radius 3 is 2.38 bits per heavy atom. The molecule has 1 heterocycles. The second-order valence-corrected chi connectivity index (χ2v) is 7.77. The SMILES string of the molecule is Cc1nn(-c2ccc(Cl)cc2)c(C)c1CC(=O)N(C)CC(C)(C)CN.Cl. The van der Waals surface area contributed by atoms with Gasteiger partial charge in [0.25, 0.3) is 0 Å². The van der Waals surface area contributed by atoms with Crippen LogP contribution in [-0.4, -0.2) is 40.7 Å². The molecule has 0 atom stereocenters. The summed E-state index contributed by atoms with van der Waals surface area (Å²) in [5.74, 6) is 0.0726. The van der Waals surface area contributed by atoms with E-state index in [0.29, 0.717) is 24.5 Å². The van der Waals surface area contributed by atoms with E-state index in [1.807, 2.05) is 49.8 Å². The molecule has 0 spiro atoms. The number of hydrogen-bond acceptors (Lipinski definition) is 3. The standard InChI is InChI=1S/C19H27ClN4O.ClH/c1-13-17(10-18(25)23(5)12-19(3,4)11-21)14(2)24(22-13)16-8-6-15(20)7-9-16;/h6-9H,10-12,21H2,1-5H3;1H. The molecule has 1 aromatic carbocycles. The van der Waals surface area contributed by atoms with Gasteiger partial charge >= 0.3 is 0 Å². The highest BCUT2D eigenvalue weighted by atomic mass is 35.5. The van der Waals surface area contributed by atoms with Gasteiger partial charge in [-0.15, -0.1) is 12.4 Å². The lowest BCUT2D eigenvalue weighted by molar-refractivity contribution is -0.130. The summed E-state index contributed by atoms with van der Waals surface area (Å²) in [4.78, 5) is 14.4. The Balaban J connectivity index is 0.00000338. The number of rotatable bonds is 6. The number of nitrogens with zero attached hydrogens (tertiary/aromatic N) is 3. The summed E-state index contributed by atoms with van der Waals surface area (Å²) in [6.07, 6.45) is 0.336. The molecule has 0 aliphatic carbocycles. The Morgan fingerprint density at radius 2 is 1.85 bits per heavy atom. The Morgan fingerprint density at radius 1 is 1.27 bits per heavy atom. The highest BCUT2D eigenvalue weighted by molar-refractivity contribution is 6.30. The molecule has 0 radical (unpaired) electrons. The smallest absolute Gasteiger partial charge is 0.226 e. The number of benzene rings is 1. The van der Waals surface area contributed by atoms with Crippen LogP contribution in [0.4, 0.5) is 0 Å². The van der Waals surface area contributed by atoms with Crippen molar-refractivity contribution < 1.29 is 4.79 Å². The van der Waals surface area contributed by atoms with Gasteiger partial charge < -0.3 is 10.6 Å². The third kappa shape index (κ3) is 5.22. The van der Waals surface area contributed by atoms with Crippen LogP contribution in [0.1, 0.15) is 30.8 Å². The van der Waals surface area contributed by atoms with Crippen molar-refractivity contribution in [1.29, 1.82) is 0 Å². The number of halogens is 2. The van der Waals surface area contributed by atoms with Crippen molar-refractivity contribution >= 4 is 29.9 Å². The summed E-state index contributed by atoms with van der Waals surface area (Å²) in [5, 5.41) is 5.28. The zero-order valence-corrected chi connectivity index (χ0v) is 17.6. The van der Waals surface area contributed by atoms with Crippen LogP contribution in [0.2, 0.25) is 5.02 Å². The van der Waals surface area contributed by atoms with E-state index >= 15 is 0 Å². The van der Waals surface area contributed by atoms with Crippen molar-refractivity contribution in [2.75, 3.05) is 20.1 Å². The molecule has 7 heteroatoms. The van der Waals surface area contributed by atoms with Gasteiger partial charge in [0.2, 0.25) is 5.91 Å². The summed E-state index contributed by atoms with van der Waals surface area (Å²) < 4.78 is 1.86. The van der Waals surface area contributed by atoms with Crippen molar-refractivity contribution in [3.8, 4) is 5.69 Å². The van der Waals surface area contributed by atoms with Gasteiger partial charge in [-0.3, -0.25) is 4.79 Å². The molecule has 0 aliphatic heterocycles. The molecule has 0 saturated heterocycles. The molecule has 2 rings (SSSR count). The van der Waals surface area contributed by atoms with Gasteiger partial charge in [0.15, 0.2) is 0 Å². The largest absolute Gasteiger partial charge is 0.345 e. The molecule has 2 N–H and O–H groups in total. The summed E-state index contributed by atoms with van der Waals surface area (Å²) in [5.41, 5.74) is 9.42. The van der Waals surface area contributed by atoms with Crippen LogP contribution in [-0.2, 0) is 11.2 Å². The van der Waals surface area contributed by atoms with E-state index in [4.69, 9.17) is 17.3 Å². The minimum atomic E-state index is -0.0953. The predicted octanol–water partition coefficient (Wildman–Crippen LogP) is 3.55. The average molecular weight is 399 g/mol. The van der Waals surface area contributed by atoms with Crippen LogP contribution in [0, 0.1) is 19.3 Å². The van der Waals surface area contributed by atoms with Crippen molar-refractivity contribution in [1.82, 2.24) is 14.7 Å². The second kappa shape index (κ2) is 8.89.